The van der Waals surface area contributed by atoms with Crippen LogP contribution in [0, 0.1) is 6.92 Å². The quantitative estimate of drug-likeness (QED) is 0.674. The van der Waals surface area contributed by atoms with E-state index in [9.17, 15) is 4.79 Å². The molecule has 0 aliphatic rings. The number of aryl methyl sites for hydroxylation is 1. The van der Waals surface area contributed by atoms with Crippen molar-refractivity contribution in [1.29, 1.82) is 0 Å². The molecule has 0 fully saturated rings. The standard InChI is InChI=1S/C17H17BrClN5O/c1-11-14(18)10-24(21-11)12(2)17(25)20-16-7-8-23(22-16)9-13-5-3-4-6-15(13)19/h3-8,10,12H,9H2,1-2H3,(H,20,22,25). The molecule has 3 rings (SSSR count). The summed E-state index contributed by atoms with van der Waals surface area (Å²) in [5.41, 5.74) is 1.80. The molecule has 3 aromatic rings. The van der Waals surface area contributed by atoms with Crippen molar-refractivity contribution in [1.82, 2.24) is 19.6 Å². The Hall–Kier alpha value is -2.12. The number of nitrogens with one attached hydrogen (secondary N) is 1. The van der Waals surface area contributed by atoms with Crippen molar-refractivity contribution >= 4 is 39.3 Å². The van der Waals surface area contributed by atoms with Gasteiger partial charge < -0.3 is 5.32 Å². The number of amides is 1. The number of anilines is 1. The number of hydrogen-bond donors (Lipinski definition) is 1. The largest absolute Gasteiger partial charge is 0.307 e. The van der Waals surface area contributed by atoms with E-state index in [1.165, 1.54) is 0 Å². The van der Waals surface area contributed by atoms with Gasteiger partial charge in [-0.2, -0.15) is 10.2 Å². The maximum atomic E-state index is 12.4. The summed E-state index contributed by atoms with van der Waals surface area (Å²) in [7, 11) is 0. The number of hydrogen-bond acceptors (Lipinski definition) is 3. The van der Waals surface area contributed by atoms with Crippen LogP contribution in [-0.2, 0) is 11.3 Å². The maximum Gasteiger partial charge on any atom is 0.250 e. The molecule has 0 radical (unpaired) electrons. The lowest BCUT2D eigenvalue weighted by Crippen LogP contribution is -2.24. The normalized spacial score (nSPS) is 12.2. The van der Waals surface area contributed by atoms with Crippen LogP contribution in [0.25, 0.3) is 0 Å². The van der Waals surface area contributed by atoms with Gasteiger partial charge >= 0.3 is 0 Å². The van der Waals surface area contributed by atoms with Crippen molar-refractivity contribution in [3.05, 3.63) is 63.5 Å². The molecule has 0 aliphatic carbocycles. The van der Waals surface area contributed by atoms with Gasteiger partial charge in [0.25, 0.3) is 0 Å². The van der Waals surface area contributed by atoms with Crippen molar-refractivity contribution in [3.63, 3.8) is 0 Å². The molecule has 0 aliphatic heterocycles. The van der Waals surface area contributed by atoms with Gasteiger partial charge in [-0.15, -0.1) is 0 Å². The second kappa shape index (κ2) is 7.41. The highest BCUT2D eigenvalue weighted by Crippen LogP contribution is 2.19. The molecule has 0 spiro atoms. The molecule has 1 N–H and O–H groups in total. The third kappa shape index (κ3) is 4.11. The Morgan fingerprint density at radius 2 is 2.08 bits per heavy atom. The fraction of sp³-hybridized carbons (Fsp3) is 0.235. The van der Waals surface area contributed by atoms with Crippen LogP contribution in [0.1, 0.15) is 24.2 Å². The number of nitrogens with zero attached hydrogens (tertiary/aromatic N) is 4. The molecule has 1 aromatic carbocycles. The lowest BCUT2D eigenvalue weighted by molar-refractivity contribution is -0.119. The SMILES string of the molecule is Cc1nn(C(C)C(=O)Nc2ccn(Cc3ccccc3Cl)n2)cc1Br. The first-order valence-electron chi connectivity index (χ1n) is 7.73. The molecule has 8 heteroatoms. The minimum absolute atomic E-state index is 0.182. The first kappa shape index (κ1) is 17.7. The second-order valence-corrected chi connectivity index (χ2v) is 6.96. The predicted octanol–water partition coefficient (Wildman–Crippen LogP) is 4.05. The summed E-state index contributed by atoms with van der Waals surface area (Å²) in [5, 5.41) is 12.2. The fourth-order valence-electron chi connectivity index (χ4n) is 2.33. The predicted molar refractivity (Wildman–Crippen MR) is 101 cm³/mol. The van der Waals surface area contributed by atoms with E-state index >= 15 is 0 Å². The van der Waals surface area contributed by atoms with Crippen molar-refractivity contribution in [2.24, 2.45) is 0 Å². The van der Waals surface area contributed by atoms with E-state index < -0.39 is 6.04 Å². The Morgan fingerprint density at radius 1 is 1.32 bits per heavy atom. The zero-order valence-electron chi connectivity index (χ0n) is 13.8. The monoisotopic (exact) mass is 421 g/mol. The molecule has 0 bridgehead atoms. The minimum atomic E-state index is -0.446. The van der Waals surface area contributed by atoms with Gasteiger partial charge in [-0.25, -0.2) is 0 Å². The molecule has 130 valence electrons. The molecule has 0 saturated carbocycles. The summed E-state index contributed by atoms with van der Waals surface area (Å²) in [6.45, 7) is 4.20. The maximum absolute atomic E-state index is 12.4. The van der Waals surface area contributed by atoms with Crippen LogP contribution < -0.4 is 5.32 Å². The van der Waals surface area contributed by atoms with Crippen molar-refractivity contribution in [2.45, 2.75) is 26.4 Å². The van der Waals surface area contributed by atoms with Gasteiger partial charge in [0.05, 0.1) is 16.7 Å². The Morgan fingerprint density at radius 3 is 2.76 bits per heavy atom. The molecule has 2 heterocycles. The summed E-state index contributed by atoms with van der Waals surface area (Å²) in [4.78, 5) is 12.4. The number of rotatable bonds is 5. The number of aromatic nitrogens is 4. The van der Waals surface area contributed by atoms with Crippen molar-refractivity contribution in [2.75, 3.05) is 5.32 Å². The van der Waals surface area contributed by atoms with Crippen LogP contribution in [0.15, 0.2) is 47.2 Å². The van der Waals surface area contributed by atoms with E-state index in [1.807, 2.05) is 31.2 Å². The highest BCUT2D eigenvalue weighted by Gasteiger charge is 2.18. The molecule has 1 atom stereocenters. The molecule has 1 amide bonds. The smallest absolute Gasteiger partial charge is 0.250 e. The van der Waals surface area contributed by atoms with Gasteiger partial charge in [0.2, 0.25) is 5.91 Å². The third-order valence-electron chi connectivity index (χ3n) is 3.82. The van der Waals surface area contributed by atoms with E-state index in [0.29, 0.717) is 17.4 Å². The van der Waals surface area contributed by atoms with Crippen LogP contribution in [0.4, 0.5) is 5.82 Å². The molecule has 1 unspecified atom stereocenters. The molecular formula is C17H17BrClN5O. The first-order chi connectivity index (χ1) is 11.9. The van der Waals surface area contributed by atoms with Crippen LogP contribution in [0.2, 0.25) is 5.02 Å². The summed E-state index contributed by atoms with van der Waals surface area (Å²) >= 11 is 9.56. The fourth-order valence-corrected chi connectivity index (χ4v) is 2.81. The van der Waals surface area contributed by atoms with E-state index in [0.717, 1.165) is 15.7 Å². The highest BCUT2D eigenvalue weighted by atomic mass is 79.9. The number of carbonyl (C=O) groups is 1. The third-order valence-corrected chi connectivity index (χ3v) is 4.96. The van der Waals surface area contributed by atoms with Crippen LogP contribution in [0.5, 0.6) is 0 Å². The zero-order chi connectivity index (χ0) is 18.0. The summed E-state index contributed by atoms with van der Waals surface area (Å²) in [5.74, 6) is 0.310. The molecule has 6 nitrogen and oxygen atoms in total. The highest BCUT2D eigenvalue weighted by molar-refractivity contribution is 9.10. The second-order valence-electron chi connectivity index (χ2n) is 5.70. The van der Waals surface area contributed by atoms with Crippen LogP contribution in [-0.4, -0.2) is 25.5 Å². The Bertz CT molecular complexity index is 885. The lowest BCUT2D eigenvalue weighted by atomic mass is 10.2. The minimum Gasteiger partial charge on any atom is -0.307 e. The van der Waals surface area contributed by atoms with Gasteiger partial charge in [-0.05, 0) is 41.4 Å². The van der Waals surface area contributed by atoms with Crippen LogP contribution >= 0.6 is 27.5 Å². The summed E-state index contributed by atoms with van der Waals surface area (Å²) in [6.07, 6.45) is 3.59. The Balaban J connectivity index is 1.66. The van der Waals surface area contributed by atoms with Gasteiger partial charge in [0.1, 0.15) is 6.04 Å². The number of carbonyl (C=O) groups excluding carboxylic acids is 1. The topological polar surface area (TPSA) is 64.7 Å². The number of benzene rings is 1. The van der Waals surface area contributed by atoms with E-state index in [4.69, 9.17) is 11.6 Å². The van der Waals surface area contributed by atoms with Crippen molar-refractivity contribution in [3.8, 4) is 0 Å². The lowest BCUT2D eigenvalue weighted by Gasteiger charge is -2.11. The van der Waals surface area contributed by atoms with Gasteiger partial charge in [0.15, 0.2) is 5.82 Å². The van der Waals surface area contributed by atoms with Crippen LogP contribution in [0.3, 0.4) is 0 Å². The molecule has 25 heavy (non-hydrogen) atoms. The van der Waals surface area contributed by atoms with E-state index in [2.05, 4.69) is 31.4 Å². The van der Waals surface area contributed by atoms with Gasteiger partial charge in [0, 0.05) is 23.5 Å². The molecular weight excluding hydrogens is 406 g/mol. The first-order valence-corrected chi connectivity index (χ1v) is 8.90. The summed E-state index contributed by atoms with van der Waals surface area (Å²) < 4.78 is 4.22. The average molecular weight is 423 g/mol. The van der Waals surface area contributed by atoms with Crippen molar-refractivity contribution < 1.29 is 4.79 Å². The van der Waals surface area contributed by atoms with E-state index in [1.54, 1.807) is 34.7 Å². The Labute approximate surface area is 158 Å². The molecule has 2 aromatic heterocycles. The zero-order valence-corrected chi connectivity index (χ0v) is 16.1. The van der Waals surface area contributed by atoms with Gasteiger partial charge in [-0.1, -0.05) is 29.8 Å². The Kier molecular flexibility index (Phi) is 5.24. The van der Waals surface area contributed by atoms with E-state index in [-0.39, 0.29) is 5.91 Å². The number of halogens is 2. The summed E-state index contributed by atoms with van der Waals surface area (Å²) in [6, 6.07) is 8.92. The van der Waals surface area contributed by atoms with Gasteiger partial charge in [-0.3, -0.25) is 14.2 Å². The average Bonchev–Trinajstić information content (AvgIpc) is 3.15. The molecule has 0 saturated heterocycles.